The van der Waals surface area contributed by atoms with E-state index in [9.17, 15) is 13.2 Å². The Kier molecular flexibility index (Phi) is 6.55. The van der Waals surface area contributed by atoms with Crippen molar-refractivity contribution in [3.63, 3.8) is 0 Å². The lowest BCUT2D eigenvalue weighted by Crippen LogP contribution is -2.51. The average Bonchev–Trinajstić information content (AvgIpc) is 3.18. The molecule has 1 aromatic carbocycles. The second kappa shape index (κ2) is 8.71. The molecule has 1 amide bonds. The summed E-state index contributed by atoms with van der Waals surface area (Å²) in [6, 6.07) is 5.78. The summed E-state index contributed by atoms with van der Waals surface area (Å²) in [5, 5.41) is 0. The predicted octanol–water partition coefficient (Wildman–Crippen LogP) is 2.06. The minimum atomic E-state index is -3.57. The Morgan fingerprint density at radius 2 is 1.74 bits per heavy atom. The molecule has 2 aliphatic rings. The predicted molar refractivity (Wildman–Crippen MR) is 106 cm³/mol. The summed E-state index contributed by atoms with van der Waals surface area (Å²) >= 11 is 0. The maximum atomic E-state index is 12.4. The van der Waals surface area contributed by atoms with E-state index in [0.717, 1.165) is 37.3 Å². The zero-order chi connectivity index (χ0) is 19.4. The molecule has 0 spiro atoms. The van der Waals surface area contributed by atoms with Crippen molar-refractivity contribution < 1.29 is 13.2 Å². The van der Waals surface area contributed by atoms with Crippen molar-refractivity contribution in [1.82, 2.24) is 14.5 Å². The maximum absolute atomic E-state index is 12.4. The van der Waals surface area contributed by atoms with Gasteiger partial charge in [0.1, 0.15) is 0 Å². The monoisotopic (exact) mass is 393 g/mol. The number of piperazine rings is 1. The first-order valence-electron chi connectivity index (χ1n) is 9.95. The summed E-state index contributed by atoms with van der Waals surface area (Å²) < 4.78 is 27.4. The third kappa shape index (κ3) is 5.09. The van der Waals surface area contributed by atoms with E-state index in [-0.39, 0.29) is 23.8 Å². The van der Waals surface area contributed by atoms with Crippen molar-refractivity contribution in [2.45, 2.75) is 56.9 Å². The number of sulfonamides is 1. The summed E-state index contributed by atoms with van der Waals surface area (Å²) in [6.45, 7) is 7.35. The molecule has 0 radical (unpaired) electrons. The molecule has 0 atom stereocenters. The van der Waals surface area contributed by atoms with Crippen LogP contribution in [-0.4, -0.2) is 62.9 Å². The van der Waals surface area contributed by atoms with Gasteiger partial charge in [-0.3, -0.25) is 9.69 Å². The van der Waals surface area contributed by atoms with Crippen LogP contribution in [0.15, 0.2) is 23.1 Å². The molecule has 1 aromatic rings. The lowest BCUT2D eigenvalue weighted by molar-refractivity contribution is -0.133. The lowest BCUT2D eigenvalue weighted by Gasteiger charge is -2.38. The molecule has 7 heteroatoms. The van der Waals surface area contributed by atoms with Gasteiger partial charge < -0.3 is 4.90 Å². The van der Waals surface area contributed by atoms with Gasteiger partial charge in [-0.1, -0.05) is 18.9 Å². The molecule has 0 unspecified atom stereocenters. The molecule has 2 fully saturated rings. The Balaban J connectivity index is 1.44. The van der Waals surface area contributed by atoms with Gasteiger partial charge in [0.25, 0.3) is 0 Å². The van der Waals surface area contributed by atoms with Crippen LogP contribution in [0, 0.1) is 13.8 Å². The van der Waals surface area contributed by atoms with Crippen molar-refractivity contribution in [2.75, 3.05) is 32.7 Å². The Bertz CT molecular complexity index is 765. The number of aryl methyl sites for hydroxylation is 2. The number of benzene rings is 1. The van der Waals surface area contributed by atoms with Crippen molar-refractivity contribution in [3.05, 3.63) is 29.3 Å². The molecule has 0 bridgehead atoms. The van der Waals surface area contributed by atoms with Gasteiger partial charge >= 0.3 is 0 Å². The van der Waals surface area contributed by atoms with Gasteiger partial charge in [0.2, 0.25) is 15.9 Å². The van der Waals surface area contributed by atoms with Gasteiger partial charge in [0.05, 0.1) is 4.90 Å². The van der Waals surface area contributed by atoms with E-state index in [0.29, 0.717) is 6.04 Å². The molecular weight excluding hydrogens is 362 g/mol. The third-order valence-corrected chi connectivity index (χ3v) is 7.39. The van der Waals surface area contributed by atoms with Crippen molar-refractivity contribution in [2.24, 2.45) is 0 Å². The second-order valence-corrected chi connectivity index (χ2v) is 9.52. The van der Waals surface area contributed by atoms with Gasteiger partial charge in [0.15, 0.2) is 0 Å². The normalized spacial score (nSPS) is 19.6. The smallest absolute Gasteiger partial charge is 0.240 e. The van der Waals surface area contributed by atoms with E-state index in [2.05, 4.69) is 9.62 Å². The summed E-state index contributed by atoms with van der Waals surface area (Å²) in [7, 11) is -3.57. The number of amides is 1. The highest BCUT2D eigenvalue weighted by molar-refractivity contribution is 7.89. The highest BCUT2D eigenvalue weighted by atomic mass is 32.2. The zero-order valence-corrected chi connectivity index (χ0v) is 17.2. The fourth-order valence-corrected chi connectivity index (χ4v) is 5.14. The van der Waals surface area contributed by atoms with E-state index in [1.165, 1.54) is 25.7 Å². The highest BCUT2D eigenvalue weighted by Crippen LogP contribution is 2.24. The van der Waals surface area contributed by atoms with Crippen LogP contribution in [0.2, 0.25) is 0 Å². The van der Waals surface area contributed by atoms with Crippen molar-refractivity contribution in [3.8, 4) is 0 Å². The van der Waals surface area contributed by atoms with E-state index >= 15 is 0 Å². The van der Waals surface area contributed by atoms with Crippen LogP contribution < -0.4 is 4.72 Å². The number of nitrogens with zero attached hydrogens (tertiary/aromatic N) is 2. The Morgan fingerprint density at radius 3 is 2.37 bits per heavy atom. The van der Waals surface area contributed by atoms with Crippen molar-refractivity contribution >= 4 is 15.9 Å². The number of hydrogen-bond donors (Lipinski definition) is 1. The molecule has 27 heavy (non-hydrogen) atoms. The maximum Gasteiger partial charge on any atom is 0.240 e. The molecule has 1 heterocycles. The largest absolute Gasteiger partial charge is 0.340 e. The number of carbonyl (C=O) groups excluding carboxylic acids is 1. The van der Waals surface area contributed by atoms with Crippen LogP contribution in [0.4, 0.5) is 0 Å². The van der Waals surface area contributed by atoms with E-state index in [1.54, 1.807) is 18.2 Å². The minimum absolute atomic E-state index is 0.0314. The van der Waals surface area contributed by atoms with E-state index in [1.807, 2.05) is 18.7 Å². The molecule has 1 aliphatic carbocycles. The third-order valence-electron chi connectivity index (χ3n) is 5.93. The number of rotatable bonds is 6. The number of hydrogen-bond acceptors (Lipinski definition) is 4. The van der Waals surface area contributed by atoms with Crippen LogP contribution in [0.25, 0.3) is 0 Å². The quantitative estimate of drug-likeness (QED) is 0.803. The van der Waals surface area contributed by atoms with Crippen LogP contribution in [0.3, 0.4) is 0 Å². The fraction of sp³-hybridized carbons (Fsp3) is 0.650. The molecule has 6 nitrogen and oxygen atoms in total. The minimum Gasteiger partial charge on any atom is -0.340 e. The first-order chi connectivity index (χ1) is 12.9. The van der Waals surface area contributed by atoms with Crippen LogP contribution in [0.1, 0.15) is 43.2 Å². The summed E-state index contributed by atoms with van der Waals surface area (Å²) in [5.41, 5.74) is 2.00. The first-order valence-corrected chi connectivity index (χ1v) is 11.4. The molecule has 1 aliphatic heterocycles. The SMILES string of the molecule is Cc1ccc(S(=O)(=O)NCCC(=O)N2CCN(C3CCCC3)CC2)cc1C. The number of carbonyl (C=O) groups is 1. The highest BCUT2D eigenvalue weighted by Gasteiger charge is 2.27. The molecule has 150 valence electrons. The lowest BCUT2D eigenvalue weighted by atomic mass is 10.1. The summed E-state index contributed by atoms with van der Waals surface area (Å²) in [4.78, 5) is 17.1. The Hall–Kier alpha value is -1.44. The Morgan fingerprint density at radius 1 is 1.07 bits per heavy atom. The van der Waals surface area contributed by atoms with E-state index < -0.39 is 10.0 Å². The van der Waals surface area contributed by atoms with Crippen LogP contribution >= 0.6 is 0 Å². The van der Waals surface area contributed by atoms with E-state index in [4.69, 9.17) is 0 Å². The summed E-state index contributed by atoms with van der Waals surface area (Å²) in [5.74, 6) is 0.0314. The standard InChI is InChI=1S/C20H31N3O3S/c1-16-7-8-19(15-17(16)2)27(25,26)21-10-9-20(24)23-13-11-22(12-14-23)18-5-3-4-6-18/h7-8,15,18,21H,3-6,9-14H2,1-2H3. The van der Waals surface area contributed by atoms with Gasteiger partial charge in [-0.15, -0.1) is 0 Å². The van der Waals surface area contributed by atoms with Gasteiger partial charge in [-0.2, -0.15) is 0 Å². The molecular formula is C20H31N3O3S. The molecule has 1 saturated carbocycles. The second-order valence-electron chi connectivity index (χ2n) is 7.75. The number of nitrogens with one attached hydrogen (secondary N) is 1. The average molecular weight is 394 g/mol. The van der Waals surface area contributed by atoms with Crippen LogP contribution in [0.5, 0.6) is 0 Å². The molecule has 1 N–H and O–H groups in total. The van der Waals surface area contributed by atoms with Gasteiger partial charge in [-0.05, 0) is 49.9 Å². The van der Waals surface area contributed by atoms with Crippen LogP contribution in [-0.2, 0) is 14.8 Å². The fourth-order valence-electron chi connectivity index (χ4n) is 4.02. The first kappa shape index (κ1) is 20.3. The topological polar surface area (TPSA) is 69.7 Å². The van der Waals surface area contributed by atoms with Gasteiger partial charge in [-0.25, -0.2) is 13.1 Å². The Labute approximate surface area is 163 Å². The molecule has 0 aromatic heterocycles. The van der Waals surface area contributed by atoms with Crippen molar-refractivity contribution in [1.29, 1.82) is 0 Å². The van der Waals surface area contributed by atoms with Gasteiger partial charge in [0, 0.05) is 45.2 Å². The zero-order valence-electron chi connectivity index (χ0n) is 16.4. The summed E-state index contributed by atoms with van der Waals surface area (Å²) in [6.07, 6.45) is 5.42. The molecule has 1 saturated heterocycles. The molecule has 3 rings (SSSR count).